The van der Waals surface area contributed by atoms with Crippen molar-refractivity contribution in [3.8, 4) is 0 Å². The van der Waals surface area contributed by atoms with Crippen LogP contribution in [0.15, 0.2) is 46.9 Å². The standard InChI is InChI=1S/C15H14BrN3S/c1-9(10-2-4-11(16)5-3-10)18-15-19-13-7-6-12(17)8-14(13)20-15/h2-9H,17H2,1H3,(H,18,19). The third-order valence-electron chi connectivity index (χ3n) is 3.12. The Labute approximate surface area is 130 Å². The van der Waals surface area contributed by atoms with Crippen molar-refractivity contribution in [3.63, 3.8) is 0 Å². The summed E-state index contributed by atoms with van der Waals surface area (Å²) in [5.41, 5.74) is 8.78. The number of nitrogens with one attached hydrogen (secondary N) is 1. The number of aromatic nitrogens is 1. The molecular weight excluding hydrogens is 334 g/mol. The molecule has 3 aromatic rings. The van der Waals surface area contributed by atoms with Crippen LogP contribution in [0.4, 0.5) is 10.8 Å². The van der Waals surface area contributed by atoms with Crippen LogP contribution in [0.1, 0.15) is 18.5 Å². The number of thiazole rings is 1. The van der Waals surface area contributed by atoms with Gasteiger partial charge in [0, 0.05) is 10.2 Å². The number of fused-ring (bicyclic) bond motifs is 1. The highest BCUT2D eigenvalue weighted by molar-refractivity contribution is 9.10. The second-order valence-electron chi connectivity index (χ2n) is 4.66. The van der Waals surface area contributed by atoms with Gasteiger partial charge in [0.15, 0.2) is 5.13 Å². The number of hydrogen-bond donors (Lipinski definition) is 2. The van der Waals surface area contributed by atoms with Gasteiger partial charge in [0.05, 0.1) is 16.3 Å². The molecule has 0 bridgehead atoms. The summed E-state index contributed by atoms with van der Waals surface area (Å²) in [4.78, 5) is 4.58. The third-order valence-corrected chi connectivity index (χ3v) is 4.60. The van der Waals surface area contributed by atoms with E-state index in [1.54, 1.807) is 11.3 Å². The molecule has 0 spiro atoms. The van der Waals surface area contributed by atoms with Gasteiger partial charge >= 0.3 is 0 Å². The van der Waals surface area contributed by atoms with Gasteiger partial charge in [0.1, 0.15) is 0 Å². The van der Waals surface area contributed by atoms with Crippen LogP contribution < -0.4 is 11.1 Å². The fourth-order valence-corrected chi connectivity index (χ4v) is 3.29. The van der Waals surface area contributed by atoms with E-state index in [4.69, 9.17) is 5.73 Å². The van der Waals surface area contributed by atoms with Crippen LogP contribution in [0.5, 0.6) is 0 Å². The highest BCUT2D eigenvalue weighted by Gasteiger charge is 2.09. The van der Waals surface area contributed by atoms with E-state index in [2.05, 4.69) is 45.3 Å². The Hall–Kier alpha value is -1.59. The fourth-order valence-electron chi connectivity index (χ4n) is 2.02. The minimum atomic E-state index is 0.209. The number of hydrogen-bond acceptors (Lipinski definition) is 4. The van der Waals surface area contributed by atoms with Gasteiger partial charge in [-0.15, -0.1) is 0 Å². The fraction of sp³-hybridized carbons (Fsp3) is 0.133. The first-order valence-corrected chi connectivity index (χ1v) is 7.91. The van der Waals surface area contributed by atoms with Gasteiger partial charge in [-0.25, -0.2) is 4.98 Å². The number of nitrogens with zero attached hydrogens (tertiary/aromatic N) is 1. The minimum Gasteiger partial charge on any atom is -0.399 e. The predicted octanol–water partition coefficient (Wildman–Crippen LogP) is 4.81. The van der Waals surface area contributed by atoms with Crippen molar-refractivity contribution in [3.05, 3.63) is 52.5 Å². The van der Waals surface area contributed by atoms with Gasteiger partial charge in [-0.3, -0.25) is 0 Å². The van der Waals surface area contributed by atoms with Crippen LogP contribution in [0.25, 0.3) is 10.2 Å². The Morgan fingerprint density at radius 2 is 1.95 bits per heavy atom. The first-order valence-electron chi connectivity index (χ1n) is 6.30. The van der Waals surface area contributed by atoms with Crippen molar-refractivity contribution >= 4 is 48.3 Å². The zero-order valence-electron chi connectivity index (χ0n) is 10.9. The number of halogens is 1. The number of benzene rings is 2. The van der Waals surface area contributed by atoms with E-state index in [0.29, 0.717) is 0 Å². The molecule has 3 N–H and O–H groups in total. The molecule has 0 aliphatic heterocycles. The van der Waals surface area contributed by atoms with Crippen molar-refractivity contribution < 1.29 is 0 Å². The van der Waals surface area contributed by atoms with Gasteiger partial charge in [0.25, 0.3) is 0 Å². The summed E-state index contributed by atoms with van der Waals surface area (Å²) in [7, 11) is 0. The van der Waals surface area contributed by atoms with Crippen LogP contribution in [-0.2, 0) is 0 Å². The van der Waals surface area contributed by atoms with Crippen molar-refractivity contribution in [2.75, 3.05) is 11.1 Å². The van der Waals surface area contributed by atoms with Gasteiger partial charge in [0.2, 0.25) is 0 Å². The molecule has 1 atom stereocenters. The average molecular weight is 348 g/mol. The lowest BCUT2D eigenvalue weighted by Crippen LogP contribution is -2.05. The van der Waals surface area contributed by atoms with E-state index >= 15 is 0 Å². The van der Waals surface area contributed by atoms with Crippen molar-refractivity contribution in [1.29, 1.82) is 0 Å². The molecule has 2 aromatic carbocycles. The maximum absolute atomic E-state index is 5.79. The van der Waals surface area contributed by atoms with Crippen LogP contribution in [-0.4, -0.2) is 4.98 Å². The SMILES string of the molecule is CC(Nc1nc2ccc(N)cc2s1)c1ccc(Br)cc1. The van der Waals surface area contributed by atoms with E-state index in [9.17, 15) is 0 Å². The molecule has 0 radical (unpaired) electrons. The normalized spacial score (nSPS) is 12.5. The predicted molar refractivity (Wildman–Crippen MR) is 90.2 cm³/mol. The van der Waals surface area contributed by atoms with Gasteiger partial charge in [-0.2, -0.15) is 0 Å². The van der Waals surface area contributed by atoms with Gasteiger partial charge in [-0.1, -0.05) is 39.4 Å². The molecular formula is C15H14BrN3S. The third kappa shape index (κ3) is 2.78. The zero-order chi connectivity index (χ0) is 14.1. The van der Waals surface area contributed by atoms with E-state index in [0.717, 1.165) is 25.5 Å². The molecule has 1 unspecified atom stereocenters. The van der Waals surface area contributed by atoms with E-state index in [-0.39, 0.29) is 6.04 Å². The van der Waals surface area contributed by atoms with E-state index < -0.39 is 0 Å². The maximum Gasteiger partial charge on any atom is 0.184 e. The lowest BCUT2D eigenvalue weighted by molar-refractivity contribution is 0.882. The molecule has 0 aliphatic rings. The summed E-state index contributed by atoms with van der Waals surface area (Å²) in [6.07, 6.45) is 0. The first-order chi connectivity index (χ1) is 9.61. The summed E-state index contributed by atoms with van der Waals surface area (Å²) in [6.45, 7) is 2.13. The lowest BCUT2D eigenvalue weighted by atomic mass is 10.1. The molecule has 0 saturated carbocycles. The molecule has 1 heterocycles. The Balaban J connectivity index is 1.83. The molecule has 1 aromatic heterocycles. The van der Waals surface area contributed by atoms with E-state index in [1.807, 2.05) is 30.3 Å². The zero-order valence-corrected chi connectivity index (χ0v) is 13.3. The van der Waals surface area contributed by atoms with Gasteiger partial charge < -0.3 is 11.1 Å². The number of nitrogens with two attached hydrogens (primary N) is 1. The molecule has 0 fully saturated rings. The summed E-state index contributed by atoms with van der Waals surface area (Å²) in [5, 5.41) is 4.36. The minimum absolute atomic E-state index is 0.209. The molecule has 0 amide bonds. The molecule has 102 valence electrons. The first kappa shape index (κ1) is 13.4. The van der Waals surface area contributed by atoms with Crippen molar-refractivity contribution in [2.24, 2.45) is 0 Å². The number of rotatable bonds is 3. The van der Waals surface area contributed by atoms with E-state index in [1.165, 1.54) is 5.56 Å². The Morgan fingerprint density at radius 3 is 2.70 bits per heavy atom. The topological polar surface area (TPSA) is 50.9 Å². The summed E-state index contributed by atoms with van der Waals surface area (Å²) < 4.78 is 2.19. The summed E-state index contributed by atoms with van der Waals surface area (Å²) in [5.74, 6) is 0. The average Bonchev–Trinajstić information content (AvgIpc) is 2.80. The Kier molecular flexibility index (Phi) is 3.63. The largest absolute Gasteiger partial charge is 0.399 e. The molecule has 20 heavy (non-hydrogen) atoms. The highest BCUT2D eigenvalue weighted by atomic mass is 79.9. The summed E-state index contributed by atoms with van der Waals surface area (Å²) in [6, 6.07) is 14.3. The monoisotopic (exact) mass is 347 g/mol. The summed E-state index contributed by atoms with van der Waals surface area (Å²) >= 11 is 5.08. The lowest BCUT2D eigenvalue weighted by Gasteiger charge is -2.13. The van der Waals surface area contributed by atoms with Crippen LogP contribution in [0.3, 0.4) is 0 Å². The molecule has 0 saturated heterocycles. The Bertz CT molecular complexity index is 736. The van der Waals surface area contributed by atoms with Crippen LogP contribution in [0, 0.1) is 0 Å². The molecule has 0 aliphatic carbocycles. The van der Waals surface area contributed by atoms with Crippen molar-refractivity contribution in [1.82, 2.24) is 4.98 Å². The molecule has 3 rings (SSSR count). The highest BCUT2D eigenvalue weighted by Crippen LogP contribution is 2.30. The second kappa shape index (κ2) is 5.42. The molecule has 5 heteroatoms. The van der Waals surface area contributed by atoms with Gasteiger partial charge in [-0.05, 0) is 42.8 Å². The number of nitrogen functional groups attached to an aromatic ring is 1. The van der Waals surface area contributed by atoms with Crippen molar-refractivity contribution in [2.45, 2.75) is 13.0 Å². The quantitative estimate of drug-likeness (QED) is 0.668. The second-order valence-corrected chi connectivity index (χ2v) is 6.61. The number of anilines is 2. The van der Waals surface area contributed by atoms with Crippen LogP contribution in [0.2, 0.25) is 0 Å². The Morgan fingerprint density at radius 1 is 1.20 bits per heavy atom. The maximum atomic E-state index is 5.79. The molecule has 3 nitrogen and oxygen atoms in total. The smallest absolute Gasteiger partial charge is 0.184 e. The van der Waals surface area contributed by atoms with Crippen LogP contribution >= 0.6 is 27.3 Å².